The number of hydrazine groups is 1. The van der Waals surface area contributed by atoms with Gasteiger partial charge in [-0.2, -0.15) is 5.10 Å². The van der Waals surface area contributed by atoms with Crippen LogP contribution >= 0.6 is 9.03 Å². The van der Waals surface area contributed by atoms with Crippen molar-refractivity contribution in [3.05, 3.63) is 0 Å². The molecule has 0 aromatic heterocycles. The Labute approximate surface area is 96.2 Å². The molecule has 0 aromatic carbocycles. The number of carbonyl (C=O) groups excluding carboxylic acids is 2. The minimum absolute atomic E-state index is 0.113. The van der Waals surface area contributed by atoms with E-state index >= 15 is 0 Å². The SMILES string of the molecule is CC=NNC(=O)NNC(=O)NCCO.[2H]N=P. The maximum atomic E-state index is 10.8. The van der Waals surface area contributed by atoms with E-state index in [1.807, 2.05) is 10.9 Å². The second kappa shape index (κ2) is 13.3. The molecule has 0 aliphatic rings. The molecule has 4 amide bonds. The van der Waals surface area contributed by atoms with Crippen molar-refractivity contribution in [3.8, 4) is 0 Å². The van der Waals surface area contributed by atoms with Crippen LogP contribution in [0.25, 0.3) is 0 Å². The zero-order valence-electron chi connectivity index (χ0n) is 9.65. The van der Waals surface area contributed by atoms with Crippen molar-refractivity contribution in [1.82, 2.24) is 21.6 Å². The van der Waals surface area contributed by atoms with Gasteiger partial charge in [0.1, 0.15) is 0 Å². The predicted octanol–water partition coefficient (Wildman–Crippen LogP) is -0.611. The lowest BCUT2D eigenvalue weighted by molar-refractivity contribution is 0.221. The number of rotatable bonds is 3. The number of hydrogen-bond donors (Lipinski definition) is 6. The normalized spacial score (nSPS) is 9.25. The topological polar surface area (TPSA) is 139 Å². The summed E-state index contributed by atoms with van der Waals surface area (Å²) in [6.45, 7) is 1.57. The fourth-order valence-corrected chi connectivity index (χ4v) is 0.478. The summed E-state index contributed by atoms with van der Waals surface area (Å²) in [5, 5.41) is 16.6. The number of amides is 4. The maximum absolute atomic E-state index is 10.8. The van der Waals surface area contributed by atoms with Gasteiger partial charge in [0.15, 0.2) is 1.41 Å². The molecule has 0 radical (unpaired) electrons. The van der Waals surface area contributed by atoms with Crippen molar-refractivity contribution in [1.29, 1.82) is 5.15 Å². The highest BCUT2D eigenvalue weighted by atomic mass is 31.0. The lowest BCUT2D eigenvalue weighted by Crippen LogP contribution is -2.50. The molecule has 0 fully saturated rings. The van der Waals surface area contributed by atoms with Crippen LogP contribution in [-0.2, 0) is 0 Å². The Hall–Kier alpha value is -1.73. The van der Waals surface area contributed by atoms with E-state index in [-0.39, 0.29) is 13.2 Å². The first kappa shape index (κ1) is 14.3. The third-order valence-electron chi connectivity index (χ3n) is 0.982. The lowest BCUT2D eigenvalue weighted by Gasteiger charge is -2.06. The second-order valence-electron chi connectivity index (χ2n) is 2.06. The highest BCUT2D eigenvalue weighted by molar-refractivity contribution is 7.02. The molecule has 0 unspecified atom stereocenters. The molecular weight excluding hydrogens is 235 g/mol. The molecule has 0 heterocycles. The monoisotopic (exact) mass is 251 g/mol. The van der Waals surface area contributed by atoms with E-state index in [0.29, 0.717) is 0 Å². The summed E-state index contributed by atoms with van der Waals surface area (Å²) in [6, 6.07) is -1.28. The molecule has 0 rings (SSSR count). The number of urea groups is 2. The van der Waals surface area contributed by atoms with Crippen molar-refractivity contribution in [2.45, 2.75) is 6.92 Å². The number of aliphatic hydroxyl groups is 1. The minimum Gasteiger partial charge on any atom is -0.395 e. The van der Waals surface area contributed by atoms with Gasteiger partial charge in [0, 0.05) is 12.8 Å². The third-order valence-corrected chi connectivity index (χ3v) is 0.982. The molecule has 9 nitrogen and oxygen atoms in total. The first-order valence-corrected chi connectivity index (χ1v) is 4.56. The van der Waals surface area contributed by atoms with E-state index in [9.17, 15) is 9.59 Å². The van der Waals surface area contributed by atoms with E-state index in [0.717, 1.165) is 0 Å². The Bertz CT molecular complexity index is 264. The number of carbonyl (C=O) groups is 2. The van der Waals surface area contributed by atoms with Gasteiger partial charge >= 0.3 is 12.1 Å². The quantitative estimate of drug-likeness (QED) is 0.226. The van der Waals surface area contributed by atoms with Gasteiger partial charge in [0.25, 0.3) is 0 Å². The van der Waals surface area contributed by atoms with Crippen molar-refractivity contribution >= 4 is 27.3 Å². The molecule has 0 atom stereocenters. The Kier molecular flexibility index (Phi) is 11.8. The fourth-order valence-electron chi connectivity index (χ4n) is 0.478. The summed E-state index contributed by atoms with van der Waals surface area (Å²) < 4.78 is 5.75. The van der Waals surface area contributed by atoms with Gasteiger partial charge in [-0.15, -0.1) is 0 Å². The largest absolute Gasteiger partial charge is 0.395 e. The fraction of sp³-hybridized carbons (Fsp3) is 0.500. The van der Waals surface area contributed by atoms with Gasteiger partial charge in [0.05, 0.1) is 6.61 Å². The summed E-state index contributed by atoms with van der Waals surface area (Å²) >= 11 is 0. The summed E-state index contributed by atoms with van der Waals surface area (Å²) in [5.74, 6) is 0. The van der Waals surface area contributed by atoms with Crippen LogP contribution in [0.3, 0.4) is 0 Å². The average molecular weight is 251 g/mol. The molecule has 92 valence electrons. The number of nitrogens with one attached hydrogen (secondary N) is 5. The molecule has 6 N–H and O–H groups in total. The molecule has 0 bridgehead atoms. The van der Waals surface area contributed by atoms with Crippen molar-refractivity contribution in [2.24, 2.45) is 5.10 Å². The number of aliphatic hydroxyl groups excluding tert-OH is 1. The Morgan fingerprint density at radius 2 is 2.12 bits per heavy atom. The number of hydrogen-bond acceptors (Lipinski definition) is 5. The maximum Gasteiger partial charge on any atom is 0.353 e. The summed E-state index contributed by atoms with van der Waals surface area (Å²) in [4.78, 5) is 21.5. The zero-order valence-corrected chi connectivity index (χ0v) is 9.65. The molecule has 0 saturated heterocycles. The van der Waals surface area contributed by atoms with Crippen LogP contribution in [0.2, 0.25) is 1.41 Å². The highest BCUT2D eigenvalue weighted by Crippen LogP contribution is 1.64. The number of nitrogens with zero attached hydrogens (tertiary/aromatic N) is 1. The van der Waals surface area contributed by atoms with Gasteiger partial charge in [-0.3, -0.25) is 5.15 Å². The van der Waals surface area contributed by atoms with Crippen LogP contribution in [0, 0.1) is 5.15 Å². The van der Waals surface area contributed by atoms with Gasteiger partial charge in [-0.05, 0) is 16.0 Å². The molecule has 16 heavy (non-hydrogen) atoms. The molecule has 0 saturated carbocycles. The molecular formula is C6H15N6O3P. The van der Waals surface area contributed by atoms with Crippen LogP contribution in [-0.4, -0.2) is 36.5 Å². The molecule has 0 aliphatic heterocycles. The van der Waals surface area contributed by atoms with E-state index in [1.54, 1.807) is 6.92 Å². The van der Waals surface area contributed by atoms with Gasteiger partial charge in [-0.25, -0.2) is 25.9 Å². The Balaban J connectivity index is 0. The summed E-state index contributed by atoms with van der Waals surface area (Å²) in [7, 11) is 2.48. The molecule has 0 spiro atoms. The van der Waals surface area contributed by atoms with E-state index in [4.69, 9.17) is 6.52 Å². The van der Waals surface area contributed by atoms with Crippen molar-refractivity contribution in [2.75, 3.05) is 13.2 Å². The summed E-state index contributed by atoms with van der Waals surface area (Å²) in [5.41, 5.74) is 6.12. The van der Waals surface area contributed by atoms with Crippen LogP contribution in [0.15, 0.2) is 5.10 Å². The van der Waals surface area contributed by atoms with E-state index in [1.165, 1.54) is 6.21 Å². The molecule has 10 heteroatoms. The predicted molar refractivity (Wildman–Crippen MR) is 60.5 cm³/mol. The van der Waals surface area contributed by atoms with Gasteiger partial charge in [0.2, 0.25) is 0 Å². The standard InChI is InChI=1S/C6H13N5O3.H2NP/c1-2-8-9-6(14)11-10-5(13)7-3-4-12;1-2/h2,12H,3-4H2,1H3,(H2,7,10,13)(H2,9,11,14);1-2H/i/hD. The third kappa shape index (κ3) is 12.3. The Morgan fingerprint density at radius 1 is 1.56 bits per heavy atom. The van der Waals surface area contributed by atoms with E-state index in [2.05, 4.69) is 30.0 Å². The minimum atomic E-state index is -0.665. The first-order chi connectivity index (χ1) is 8.12. The van der Waals surface area contributed by atoms with Crippen LogP contribution in [0.1, 0.15) is 6.92 Å². The molecule has 0 aromatic rings. The first-order valence-electron chi connectivity index (χ1n) is 4.56. The average Bonchev–Trinajstić information content (AvgIpc) is 2.32. The highest BCUT2D eigenvalue weighted by Gasteiger charge is 2.00. The number of hydrazone groups is 1. The lowest BCUT2D eigenvalue weighted by atomic mass is 10.7. The second-order valence-corrected chi connectivity index (χ2v) is 2.06. The van der Waals surface area contributed by atoms with E-state index < -0.39 is 12.1 Å². The van der Waals surface area contributed by atoms with Crippen LogP contribution in [0.5, 0.6) is 0 Å². The smallest absolute Gasteiger partial charge is 0.353 e. The summed E-state index contributed by atoms with van der Waals surface area (Å²) in [6.07, 6.45) is 1.38. The molecule has 0 aliphatic carbocycles. The van der Waals surface area contributed by atoms with Crippen LogP contribution in [0.4, 0.5) is 9.59 Å². The van der Waals surface area contributed by atoms with Gasteiger partial charge in [-0.1, -0.05) is 0 Å². The van der Waals surface area contributed by atoms with Crippen LogP contribution < -0.4 is 21.6 Å². The van der Waals surface area contributed by atoms with Crippen molar-refractivity contribution < 1.29 is 16.1 Å². The zero-order chi connectivity index (χ0) is 13.5. The van der Waals surface area contributed by atoms with Crippen molar-refractivity contribution in [3.63, 3.8) is 0 Å². The van der Waals surface area contributed by atoms with Gasteiger partial charge < -0.3 is 10.4 Å². The Morgan fingerprint density at radius 3 is 2.62 bits per heavy atom.